The first kappa shape index (κ1) is 24.7. The van der Waals surface area contributed by atoms with E-state index in [-0.39, 0.29) is 11.3 Å². The third-order valence-electron chi connectivity index (χ3n) is 5.97. The maximum Gasteiger partial charge on any atom is 0.300 e. The topological polar surface area (TPSA) is 94.5 Å². The van der Waals surface area contributed by atoms with Gasteiger partial charge in [0.25, 0.3) is 11.7 Å². The van der Waals surface area contributed by atoms with Gasteiger partial charge in [-0.25, -0.2) is 0 Å². The van der Waals surface area contributed by atoms with E-state index in [0.717, 1.165) is 0 Å². The molecule has 3 aromatic rings. The fourth-order valence-corrected chi connectivity index (χ4v) is 4.21. The summed E-state index contributed by atoms with van der Waals surface area (Å²) in [7, 11) is 4.56. The molecule has 1 saturated heterocycles. The van der Waals surface area contributed by atoms with E-state index in [1.807, 2.05) is 6.92 Å². The predicted molar refractivity (Wildman–Crippen MR) is 135 cm³/mol. The van der Waals surface area contributed by atoms with Crippen molar-refractivity contribution < 1.29 is 33.6 Å². The molecule has 1 fully saturated rings. The Hall–Kier alpha value is -4.46. The van der Waals surface area contributed by atoms with Crippen molar-refractivity contribution in [3.8, 4) is 23.0 Å². The summed E-state index contributed by atoms with van der Waals surface area (Å²) in [6.45, 7) is 2.37. The maximum atomic E-state index is 13.4. The second kappa shape index (κ2) is 10.4. The van der Waals surface area contributed by atoms with E-state index in [1.165, 1.54) is 19.1 Å². The summed E-state index contributed by atoms with van der Waals surface area (Å²) in [6, 6.07) is 17.6. The lowest BCUT2D eigenvalue weighted by atomic mass is 9.94. The molecule has 0 bridgehead atoms. The molecule has 4 rings (SSSR count). The molecule has 0 unspecified atom stereocenters. The summed E-state index contributed by atoms with van der Waals surface area (Å²) in [5.41, 5.74) is 1.31. The molecule has 36 heavy (non-hydrogen) atoms. The molecule has 0 saturated carbocycles. The number of nitrogens with zero attached hydrogens (tertiary/aromatic N) is 1. The molecule has 8 nitrogen and oxygen atoms in total. The van der Waals surface area contributed by atoms with E-state index in [9.17, 15) is 14.7 Å². The Balaban J connectivity index is 1.92. The molecule has 1 heterocycles. The van der Waals surface area contributed by atoms with Crippen LogP contribution < -0.4 is 23.8 Å². The van der Waals surface area contributed by atoms with E-state index in [0.29, 0.717) is 46.4 Å². The Kier molecular flexibility index (Phi) is 7.15. The van der Waals surface area contributed by atoms with Gasteiger partial charge in [-0.2, -0.15) is 0 Å². The van der Waals surface area contributed by atoms with E-state index in [1.54, 1.807) is 73.8 Å². The molecular formula is C28H27NO7. The number of carbonyl (C=O) groups is 2. The zero-order valence-electron chi connectivity index (χ0n) is 20.5. The average molecular weight is 490 g/mol. The van der Waals surface area contributed by atoms with Crippen LogP contribution in [0.25, 0.3) is 5.76 Å². The third kappa shape index (κ3) is 4.45. The minimum absolute atomic E-state index is 0.0524. The molecule has 1 aliphatic heterocycles. The highest BCUT2D eigenvalue weighted by atomic mass is 16.5. The number of aliphatic hydroxyl groups excluding tert-OH is 1. The minimum atomic E-state index is -0.953. The fourth-order valence-electron chi connectivity index (χ4n) is 4.21. The Bertz CT molecular complexity index is 1300. The van der Waals surface area contributed by atoms with Gasteiger partial charge in [-0.15, -0.1) is 0 Å². The van der Waals surface area contributed by atoms with Crippen LogP contribution in [0.15, 0.2) is 72.3 Å². The highest BCUT2D eigenvalue weighted by molar-refractivity contribution is 6.51. The first-order valence-electron chi connectivity index (χ1n) is 11.3. The monoisotopic (exact) mass is 489 g/mol. The standard InChI is InChI=1S/C28H27NO7/c1-5-36-20-10-6-17(7-11-20)26(30)24-25(22-15-14-21(34-3)16-23(22)35-4)29(28(32)27(24)31)18-8-12-19(33-2)13-9-18/h6-16,25,30H,5H2,1-4H3/b26-24+/t25-/m1/s1. The van der Waals surface area contributed by atoms with Crippen LogP contribution in [0.3, 0.4) is 0 Å². The van der Waals surface area contributed by atoms with Crippen molar-refractivity contribution in [3.63, 3.8) is 0 Å². The first-order valence-corrected chi connectivity index (χ1v) is 11.3. The van der Waals surface area contributed by atoms with E-state index >= 15 is 0 Å². The van der Waals surface area contributed by atoms with Crippen molar-refractivity contribution in [2.75, 3.05) is 32.8 Å². The van der Waals surface area contributed by atoms with Gasteiger partial charge in [0.1, 0.15) is 28.8 Å². The number of Topliss-reactive ketones (excluding diaryl/α,β-unsaturated/α-hetero) is 1. The zero-order valence-corrected chi connectivity index (χ0v) is 20.5. The van der Waals surface area contributed by atoms with Crippen molar-refractivity contribution in [1.29, 1.82) is 0 Å². The number of methoxy groups -OCH3 is 3. The maximum absolute atomic E-state index is 13.4. The van der Waals surface area contributed by atoms with Crippen LogP contribution >= 0.6 is 0 Å². The normalized spacial score (nSPS) is 16.7. The third-order valence-corrected chi connectivity index (χ3v) is 5.97. The Morgan fingerprint density at radius 2 is 1.44 bits per heavy atom. The number of hydrogen-bond donors (Lipinski definition) is 1. The fraction of sp³-hybridized carbons (Fsp3) is 0.214. The SMILES string of the molecule is CCOc1ccc(/C(O)=C2\C(=O)C(=O)N(c3ccc(OC)cc3)[C@@H]2c2ccc(OC)cc2OC)cc1. The van der Waals surface area contributed by atoms with Crippen LogP contribution in [0.1, 0.15) is 24.1 Å². The van der Waals surface area contributed by atoms with Crippen LogP contribution in [0.4, 0.5) is 5.69 Å². The van der Waals surface area contributed by atoms with Crippen molar-refractivity contribution in [3.05, 3.63) is 83.4 Å². The highest BCUT2D eigenvalue weighted by Gasteiger charge is 2.48. The summed E-state index contributed by atoms with van der Waals surface area (Å²) < 4.78 is 21.6. The van der Waals surface area contributed by atoms with Gasteiger partial charge in [0.05, 0.1) is 39.6 Å². The summed E-state index contributed by atoms with van der Waals surface area (Å²) in [4.78, 5) is 28.1. The Morgan fingerprint density at radius 1 is 0.833 bits per heavy atom. The minimum Gasteiger partial charge on any atom is -0.507 e. The quantitative estimate of drug-likeness (QED) is 0.278. The molecule has 1 amide bonds. The van der Waals surface area contributed by atoms with Crippen LogP contribution in [0.5, 0.6) is 23.0 Å². The molecule has 1 aliphatic rings. The molecule has 1 N–H and O–H groups in total. The van der Waals surface area contributed by atoms with Gasteiger partial charge in [0.15, 0.2) is 0 Å². The zero-order chi connectivity index (χ0) is 25.8. The second-order valence-electron chi connectivity index (χ2n) is 7.93. The number of aliphatic hydroxyl groups is 1. The summed E-state index contributed by atoms with van der Waals surface area (Å²) in [5, 5.41) is 11.3. The number of ether oxygens (including phenoxy) is 4. The van der Waals surface area contributed by atoms with Crippen molar-refractivity contribution in [2.45, 2.75) is 13.0 Å². The van der Waals surface area contributed by atoms with Crippen LogP contribution in [0.2, 0.25) is 0 Å². The number of rotatable bonds is 8. The summed E-state index contributed by atoms with van der Waals surface area (Å²) in [6.07, 6.45) is 0. The molecule has 0 aromatic heterocycles. The molecule has 0 spiro atoms. The number of carbonyl (C=O) groups excluding carboxylic acids is 2. The predicted octanol–water partition coefficient (Wildman–Crippen LogP) is 4.74. The van der Waals surface area contributed by atoms with Gasteiger partial charge in [-0.05, 0) is 67.6 Å². The van der Waals surface area contributed by atoms with Gasteiger partial charge in [0.2, 0.25) is 0 Å². The summed E-state index contributed by atoms with van der Waals surface area (Å²) in [5.74, 6) is 0.302. The lowest BCUT2D eigenvalue weighted by molar-refractivity contribution is -0.132. The van der Waals surface area contributed by atoms with Crippen molar-refractivity contribution >= 4 is 23.1 Å². The van der Waals surface area contributed by atoms with Crippen LogP contribution in [0, 0.1) is 0 Å². The number of anilines is 1. The van der Waals surface area contributed by atoms with Crippen molar-refractivity contribution in [1.82, 2.24) is 0 Å². The average Bonchev–Trinajstić information content (AvgIpc) is 3.18. The van der Waals surface area contributed by atoms with Crippen molar-refractivity contribution in [2.24, 2.45) is 0 Å². The first-order chi connectivity index (χ1) is 17.4. The number of hydrogen-bond acceptors (Lipinski definition) is 7. The van der Waals surface area contributed by atoms with Gasteiger partial charge in [-0.1, -0.05) is 0 Å². The lowest BCUT2D eigenvalue weighted by Crippen LogP contribution is -2.29. The smallest absolute Gasteiger partial charge is 0.300 e. The van der Waals surface area contributed by atoms with Gasteiger partial charge < -0.3 is 24.1 Å². The number of ketones is 1. The molecule has 0 aliphatic carbocycles. The Morgan fingerprint density at radius 3 is 2.03 bits per heavy atom. The van der Waals surface area contributed by atoms with Gasteiger partial charge in [-0.3, -0.25) is 14.5 Å². The number of amides is 1. The van der Waals surface area contributed by atoms with Crippen LogP contribution in [-0.2, 0) is 9.59 Å². The van der Waals surface area contributed by atoms with Crippen LogP contribution in [-0.4, -0.2) is 44.7 Å². The molecule has 3 aromatic carbocycles. The lowest BCUT2D eigenvalue weighted by Gasteiger charge is -2.27. The van der Waals surface area contributed by atoms with E-state index in [2.05, 4.69) is 0 Å². The molecule has 8 heteroatoms. The molecule has 186 valence electrons. The molecule has 0 radical (unpaired) electrons. The largest absolute Gasteiger partial charge is 0.507 e. The second-order valence-corrected chi connectivity index (χ2v) is 7.93. The molecule has 1 atom stereocenters. The van der Waals surface area contributed by atoms with Gasteiger partial charge >= 0.3 is 0 Å². The van der Waals surface area contributed by atoms with Gasteiger partial charge in [0, 0.05) is 22.9 Å². The van der Waals surface area contributed by atoms with E-state index in [4.69, 9.17) is 18.9 Å². The Labute approximate surface area is 209 Å². The summed E-state index contributed by atoms with van der Waals surface area (Å²) >= 11 is 0. The number of benzene rings is 3. The molecular weight excluding hydrogens is 462 g/mol. The van der Waals surface area contributed by atoms with E-state index < -0.39 is 17.7 Å². The highest BCUT2D eigenvalue weighted by Crippen LogP contribution is 2.46.